The topological polar surface area (TPSA) is 93.0 Å². The molecule has 7 heteroatoms. The Labute approximate surface area is 249 Å². The minimum Gasteiger partial charge on any atom is -0.508 e. The highest BCUT2D eigenvalue weighted by Gasteiger charge is 2.42. The van der Waals surface area contributed by atoms with E-state index in [1.165, 1.54) is 12.1 Å². The van der Waals surface area contributed by atoms with Crippen LogP contribution < -0.4 is 10.2 Å². The molecular weight excluding hydrogens is 543 g/mol. The Bertz CT molecular complexity index is 1730. The van der Waals surface area contributed by atoms with Gasteiger partial charge in [-0.2, -0.15) is 0 Å². The van der Waals surface area contributed by atoms with Crippen LogP contribution in [0.15, 0.2) is 121 Å². The Morgan fingerprint density at radius 3 is 2.09 bits per heavy atom. The average Bonchev–Trinajstić information content (AvgIpc) is 3.36. The zero-order chi connectivity index (χ0) is 29.9. The number of anilines is 1. The summed E-state index contributed by atoms with van der Waals surface area (Å²) >= 11 is 0. The van der Waals surface area contributed by atoms with E-state index in [1.54, 1.807) is 47.4 Å². The molecule has 5 aromatic carbocycles. The van der Waals surface area contributed by atoms with Gasteiger partial charge in [-0.05, 0) is 83.1 Å². The molecule has 0 unspecified atom stereocenters. The number of phenolic OH excluding ortho intramolecular Hbond substituents is 2. The number of halogens is 1. The van der Waals surface area contributed by atoms with Crippen LogP contribution in [-0.2, 0) is 0 Å². The summed E-state index contributed by atoms with van der Waals surface area (Å²) in [5, 5.41) is 35.1. The van der Waals surface area contributed by atoms with Crippen molar-refractivity contribution in [3.63, 3.8) is 0 Å². The predicted molar refractivity (Wildman–Crippen MR) is 165 cm³/mol. The van der Waals surface area contributed by atoms with E-state index in [4.69, 9.17) is 0 Å². The average molecular weight is 575 g/mol. The maximum atomic E-state index is 13.5. The SMILES string of the molecule is O=C1N[C@H](CC[C@H](O)c2ccc(F)cc2)[C@@H](c2ccc(-c3cccc(O)c3)cc2O)N1c1ccc(-c2ccccc2)cc1. The van der Waals surface area contributed by atoms with Gasteiger partial charge in [0.1, 0.15) is 17.3 Å². The number of urea groups is 1. The number of benzene rings is 5. The first-order valence-corrected chi connectivity index (χ1v) is 14.2. The second kappa shape index (κ2) is 12.0. The van der Waals surface area contributed by atoms with E-state index in [0.717, 1.165) is 22.3 Å². The van der Waals surface area contributed by atoms with Crippen LogP contribution in [0.25, 0.3) is 22.3 Å². The predicted octanol–water partition coefficient (Wildman–Crippen LogP) is 7.72. The molecular formula is C36H31FN2O4. The van der Waals surface area contributed by atoms with Gasteiger partial charge in [-0.3, -0.25) is 4.90 Å². The minimum atomic E-state index is -0.848. The van der Waals surface area contributed by atoms with Crippen molar-refractivity contribution < 1.29 is 24.5 Å². The van der Waals surface area contributed by atoms with Crippen LogP contribution in [0.4, 0.5) is 14.9 Å². The lowest BCUT2D eigenvalue weighted by Crippen LogP contribution is -2.29. The molecule has 1 aliphatic rings. The number of aliphatic hydroxyl groups is 1. The number of nitrogens with zero attached hydrogens (tertiary/aromatic N) is 1. The normalized spacial score (nSPS) is 17.1. The first kappa shape index (κ1) is 28.0. The molecule has 6 nitrogen and oxygen atoms in total. The first-order chi connectivity index (χ1) is 20.9. The van der Waals surface area contributed by atoms with E-state index in [0.29, 0.717) is 29.7 Å². The molecule has 1 heterocycles. The van der Waals surface area contributed by atoms with Crippen molar-refractivity contribution in [3.8, 4) is 33.8 Å². The molecule has 0 aliphatic carbocycles. The molecule has 0 saturated carbocycles. The first-order valence-electron chi connectivity index (χ1n) is 14.2. The third-order valence-corrected chi connectivity index (χ3v) is 7.97. The Kier molecular flexibility index (Phi) is 7.81. The van der Waals surface area contributed by atoms with E-state index >= 15 is 0 Å². The van der Waals surface area contributed by atoms with Crippen LogP contribution in [-0.4, -0.2) is 27.4 Å². The molecule has 43 heavy (non-hydrogen) atoms. The molecule has 2 amide bonds. The molecule has 1 fully saturated rings. The van der Waals surface area contributed by atoms with Crippen molar-refractivity contribution in [1.82, 2.24) is 5.32 Å². The zero-order valence-electron chi connectivity index (χ0n) is 23.3. The largest absolute Gasteiger partial charge is 0.508 e. The number of hydrogen-bond acceptors (Lipinski definition) is 4. The molecule has 6 rings (SSSR count). The number of aromatic hydroxyl groups is 2. The molecule has 0 aromatic heterocycles. The summed E-state index contributed by atoms with van der Waals surface area (Å²) in [7, 11) is 0. The van der Waals surface area contributed by atoms with E-state index < -0.39 is 18.2 Å². The summed E-state index contributed by atoms with van der Waals surface area (Å²) in [5.41, 5.74) is 5.35. The van der Waals surface area contributed by atoms with Gasteiger partial charge in [-0.15, -0.1) is 0 Å². The summed E-state index contributed by atoms with van der Waals surface area (Å²) in [6, 6.07) is 34.1. The van der Waals surface area contributed by atoms with Gasteiger partial charge in [0.15, 0.2) is 0 Å². The van der Waals surface area contributed by atoms with Gasteiger partial charge < -0.3 is 20.6 Å². The third-order valence-electron chi connectivity index (χ3n) is 7.97. The number of rotatable bonds is 8. The standard InChI is InChI=1S/C36H31FN2O4/c37-28-14-9-25(10-15-28)33(41)20-19-32-35(31-18-13-27(22-34(31)42)26-7-4-8-30(40)21-26)39(36(43)38-32)29-16-11-24(12-17-29)23-5-2-1-3-6-23/h1-18,21-22,32-33,35,40-42H,19-20H2,(H,38,43)/t32-,33+,35-/m1/s1. The molecule has 3 atom stereocenters. The molecule has 5 aromatic rings. The number of hydrogen-bond donors (Lipinski definition) is 4. The highest BCUT2D eigenvalue weighted by molar-refractivity contribution is 5.96. The Morgan fingerprint density at radius 2 is 1.40 bits per heavy atom. The van der Waals surface area contributed by atoms with Gasteiger partial charge in [0.25, 0.3) is 0 Å². The van der Waals surface area contributed by atoms with E-state index in [-0.39, 0.29) is 23.3 Å². The van der Waals surface area contributed by atoms with Crippen LogP contribution in [0.3, 0.4) is 0 Å². The number of aliphatic hydroxyl groups excluding tert-OH is 1. The van der Waals surface area contributed by atoms with Crippen LogP contribution in [0.5, 0.6) is 11.5 Å². The second-order valence-corrected chi connectivity index (χ2v) is 10.8. The van der Waals surface area contributed by atoms with Gasteiger partial charge in [0.05, 0.1) is 18.2 Å². The Hall–Kier alpha value is -5.14. The van der Waals surface area contributed by atoms with Crippen LogP contribution in [0, 0.1) is 5.82 Å². The Balaban J connectivity index is 1.33. The molecule has 0 radical (unpaired) electrons. The monoisotopic (exact) mass is 574 g/mol. The molecule has 4 N–H and O–H groups in total. The van der Waals surface area contributed by atoms with Crippen LogP contribution in [0.2, 0.25) is 0 Å². The number of nitrogens with one attached hydrogen (secondary N) is 1. The van der Waals surface area contributed by atoms with E-state index in [1.807, 2.05) is 66.7 Å². The van der Waals surface area contributed by atoms with Gasteiger partial charge in [0, 0.05) is 11.3 Å². The maximum Gasteiger partial charge on any atom is 0.322 e. The van der Waals surface area contributed by atoms with Crippen molar-refractivity contribution in [3.05, 3.63) is 138 Å². The van der Waals surface area contributed by atoms with Gasteiger partial charge in [-0.25, -0.2) is 9.18 Å². The number of carbonyl (C=O) groups excluding carboxylic acids is 1. The fourth-order valence-corrected chi connectivity index (χ4v) is 5.77. The van der Waals surface area contributed by atoms with Gasteiger partial charge in [-0.1, -0.05) is 78.9 Å². The van der Waals surface area contributed by atoms with Crippen molar-refractivity contribution in [2.45, 2.75) is 31.0 Å². The summed E-state index contributed by atoms with van der Waals surface area (Å²) in [4.78, 5) is 15.2. The van der Waals surface area contributed by atoms with Crippen LogP contribution in [0.1, 0.15) is 36.1 Å². The lowest BCUT2D eigenvalue weighted by atomic mass is 9.91. The quantitative estimate of drug-likeness (QED) is 0.153. The van der Waals surface area contributed by atoms with Crippen molar-refractivity contribution in [2.24, 2.45) is 0 Å². The fraction of sp³-hybridized carbons (Fsp3) is 0.139. The summed E-state index contributed by atoms with van der Waals surface area (Å²) in [5.74, 6) is -0.244. The number of phenols is 2. The second-order valence-electron chi connectivity index (χ2n) is 10.8. The van der Waals surface area contributed by atoms with Crippen molar-refractivity contribution in [1.29, 1.82) is 0 Å². The summed E-state index contributed by atoms with van der Waals surface area (Å²) in [6.45, 7) is 0. The number of amides is 2. The molecule has 1 aliphatic heterocycles. The smallest absolute Gasteiger partial charge is 0.322 e. The van der Waals surface area contributed by atoms with Crippen LogP contribution >= 0.6 is 0 Å². The third kappa shape index (κ3) is 5.94. The maximum absolute atomic E-state index is 13.5. The number of carbonyl (C=O) groups is 1. The van der Waals surface area contributed by atoms with Gasteiger partial charge >= 0.3 is 6.03 Å². The lowest BCUT2D eigenvalue weighted by Gasteiger charge is -2.28. The molecule has 0 bridgehead atoms. The summed E-state index contributed by atoms with van der Waals surface area (Å²) < 4.78 is 13.4. The van der Waals surface area contributed by atoms with E-state index in [9.17, 15) is 24.5 Å². The zero-order valence-corrected chi connectivity index (χ0v) is 23.3. The Morgan fingerprint density at radius 1 is 0.744 bits per heavy atom. The molecule has 1 saturated heterocycles. The highest BCUT2D eigenvalue weighted by atomic mass is 19.1. The molecule has 216 valence electrons. The lowest BCUT2D eigenvalue weighted by molar-refractivity contribution is 0.159. The highest BCUT2D eigenvalue weighted by Crippen LogP contribution is 2.42. The van der Waals surface area contributed by atoms with E-state index in [2.05, 4.69) is 5.32 Å². The minimum absolute atomic E-state index is 0.0114. The molecule has 0 spiro atoms. The summed E-state index contributed by atoms with van der Waals surface area (Å²) in [6.07, 6.45) is -0.129. The fourth-order valence-electron chi connectivity index (χ4n) is 5.77. The van der Waals surface area contributed by atoms with Crippen molar-refractivity contribution in [2.75, 3.05) is 4.90 Å². The van der Waals surface area contributed by atoms with Gasteiger partial charge in [0.2, 0.25) is 0 Å². The van der Waals surface area contributed by atoms with Crippen molar-refractivity contribution >= 4 is 11.7 Å².